The fraction of sp³-hybridized carbons (Fsp3) is 0.429. The molecule has 4 nitrogen and oxygen atoms in total. The largest absolute Gasteiger partial charge is 0.456 e. The van der Waals surface area contributed by atoms with Gasteiger partial charge < -0.3 is 0 Å². The number of halogens is 5. The Bertz CT molecular complexity index is 1090. The molecule has 0 atom stereocenters. The van der Waals surface area contributed by atoms with E-state index >= 15 is 0 Å². The summed E-state index contributed by atoms with van der Waals surface area (Å²) in [6.45, 7) is 4.60. The van der Waals surface area contributed by atoms with E-state index in [4.69, 9.17) is 11.6 Å². The molecule has 182 valence electrons. The zero-order chi connectivity index (χ0) is 24.4. The first-order valence-electron chi connectivity index (χ1n) is 10.0. The molecule has 0 bridgehead atoms. The van der Waals surface area contributed by atoms with Crippen LogP contribution in [-0.4, -0.2) is 36.9 Å². The van der Waals surface area contributed by atoms with Gasteiger partial charge in [0, 0.05) is 40.5 Å². The van der Waals surface area contributed by atoms with Crippen molar-refractivity contribution >= 4 is 45.3 Å². The van der Waals surface area contributed by atoms with Crippen molar-refractivity contribution in [3.05, 3.63) is 53.3 Å². The molecule has 12 heteroatoms. The van der Waals surface area contributed by atoms with Crippen LogP contribution in [0.1, 0.15) is 26.7 Å². The van der Waals surface area contributed by atoms with Crippen LogP contribution in [0.15, 0.2) is 57.2 Å². The predicted octanol–water partition coefficient (Wildman–Crippen LogP) is 6.57. The van der Waals surface area contributed by atoms with Gasteiger partial charge >= 0.3 is 5.51 Å². The third-order valence-corrected chi connectivity index (χ3v) is 9.68. The van der Waals surface area contributed by atoms with E-state index in [1.165, 1.54) is 36.2 Å². The van der Waals surface area contributed by atoms with E-state index in [2.05, 4.69) is 4.72 Å². The number of sulfone groups is 1. The molecule has 0 unspecified atom stereocenters. The molecule has 1 saturated heterocycles. The fourth-order valence-corrected chi connectivity index (χ4v) is 7.24. The molecule has 0 saturated carbocycles. The van der Waals surface area contributed by atoms with Crippen LogP contribution in [0, 0.1) is 11.7 Å². The van der Waals surface area contributed by atoms with Gasteiger partial charge in [-0.05, 0) is 74.9 Å². The molecule has 3 rings (SSSR count). The number of benzene rings is 2. The van der Waals surface area contributed by atoms with Crippen LogP contribution in [-0.2, 0) is 9.84 Å². The van der Waals surface area contributed by atoms with Crippen LogP contribution < -0.4 is 4.72 Å². The van der Waals surface area contributed by atoms with Crippen LogP contribution in [0.3, 0.4) is 0 Å². The SMILES string of the molecule is CC(C)(NSC(F)(F)F)C1CCN(Sc2ccc(Cl)cc2S(=O)(=O)c2ccccc2F)CC1. The quantitative estimate of drug-likeness (QED) is 0.315. The third kappa shape index (κ3) is 6.79. The maximum absolute atomic E-state index is 14.2. The van der Waals surface area contributed by atoms with Crippen LogP contribution in [0.2, 0.25) is 5.02 Å². The second-order valence-electron chi connectivity index (χ2n) is 8.19. The summed E-state index contributed by atoms with van der Waals surface area (Å²) in [6, 6.07) is 9.61. The van der Waals surface area contributed by atoms with Gasteiger partial charge in [-0.15, -0.1) is 0 Å². The number of piperidine rings is 1. The summed E-state index contributed by atoms with van der Waals surface area (Å²) in [5, 5.41) is 0.211. The second kappa shape index (κ2) is 10.3. The molecule has 0 radical (unpaired) electrons. The molecule has 0 aromatic heterocycles. The summed E-state index contributed by atoms with van der Waals surface area (Å²) in [5.74, 6) is -0.836. The van der Waals surface area contributed by atoms with Crippen molar-refractivity contribution in [2.45, 2.75) is 52.4 Å². The number of alkyl halides is 3. The lowest BCUT2D eigenvalue weighted by Crippen LogP contribution is -2.47. The molecule has 1 aliphatic heterocycles. The Morgan fingerprint density at radius 3 is 2.30 bits per heavy atom. The van der Waals surface area contributed by atoms with Gasteiger partial charge in [0.25, 0.3) is 0 Å². The Kier molecular flexibility index (Phi) is 8.33. The van der Waals surface area contributed by atoms with Gasteiger partial charge in [0.05, 0.1) is 4.90 Å². The van der Waals surface area contributed by atoms with Crippen molar-refractivity contribution in [2.75, 3.05) is 13.1 Å². The number of hydrogen-bond donors (Lipinski definition) is 1. The standard InChI is InChI=1S/C21H23ClF4N2O2S3/c1-20(2,27-32-21(24,25)26)14-9-11-28(12-10-14)31-17-8-7-15(22)13-19(17)33(29,30)18-6-4-3-5-16(18)23/h3-8,13-14,27H,9-12H2,1-2H3. The molecular weight excluding hydrogens is 520 g/mol. The molecule has 0 amide bonds. The lowest BCUT2D eigenvalue weighted by molar-refractivity contribution is -0.0344. The monoisotopic (exact) mass is 542 g/mol. The molecule has 2 aromatic carbocycles. The summed E-state index contributed by atoms with van der Waals surface area (Å²) in [7, 11) is -4.16. The molecule has 0 spiro atoms. The summed E-state index contributed by atoms with van der Waals surface area (Å²) in [6.07, 6.45) is 1.27. The number of nitrogens with zero attached hydrogens (tertiary/aromatic N) is 1. The van der Waals surface area contributed by atoms with E-state index in [0.29, 0.717) is 30.8 Å². The highest BCUT2D eigenvalue weighted by Gasteiger charge is 2.38. The molecule has 1 N–H and O–H groups in total. The van der Waals surface area contributed by atoms with Gasteiger partial charge in [-0.2, -0.15) is 13.2 Å². The molecular formula is C21H23ClF4N2O2S3. The van der Waals surface area contributed by atoms with Gasteiger partial charge in [-0.25, -0.2) is 17.1 Å². The highest BCUT2D eigenvalue weighted by Crippen LogP contribution is 2.39. The zero-order valence-electron chi connectivity index (χ0n) is 17.8. The lowest BCUT2D eigenvalue weighted by Gasteiger charge is -2.40. The first kappa shape index (κ1) is 26.6. The Labute approximate surface area is 204 Å². The molecule has 1 fully saturated rings. The third-order valence-electron chi connectivity index (χ3n) is 5.45. The molecule has 33 heavy (non-hydrogen) atoms. The topological polar surface area (TPSA) is 49.4 Å². The molecule has 1 heterocycles. The Balaban J connectivity index is 1.74. The first-order chi connectivity index (χ1) is 15.3. The Morgan fingerprint density at radius 2 is 1.70 bits per heavy atom. The van der Waals surface area contributed by atoms with E-state index in [1.54, 1.807) is 26.0 Å². The summed E-state index contributed by atoms with van der Waals surface area (Å²) in [4.78, 5) is -0.107. The van der Waals surface area contributed by atoms with Gasteiger partial charge in [-0.3, -0.25) is 4.72 Å². The van der Waals surface area contributed by atoms with Gasteiger partial charge in [-0.1, -0.05) is 23.7 Å². The Hall–Kier alpha value is -0.980. The minimum atomic E-state index is -4.36. The average molecular weight is 543 g/mol. The van der Waals surface area contributed by atoms with Gasteiger partial charge in [0.15, 0.2) is 0 Å². The number of nitrogens with one attached hydrogen (secondary N) is 1. The summed E-state index contributed by atoms with van der Waals surface area (Å²) in [5.41, 5.74) is -5.08. The van der Waals surface area contributed by atoms with Crippen molar-refractivity contribution in [2.24, 2.45) is 5.92 Å². The fourth-order valence-electron chi connectivity index (χ4n) is 3.63. The predicted molar refractivity (Wildman–Crippen MR) is 124 cm³/mol. The highest BCUT2D eigenvalue weighted by atomic mass is 35.5. The van der Waals surface area contributed by atoms with Gasteiger partial charge in [0.1, 0.15) is 10.7 Å². The average Bonchev–Trinajstić information content (AvgIpc) is 2.74. The molecule has 0 aliphatic carbocycles. The van der Waals surface area contributed by atoms with Crippen LogP contribution >= 0.6 is 35.5 Å². The highest BCUT2D eigenvalue weighted by molar-refractivity contribution is 7.98. The van der Waals surface area contributed by atoms with Crippen molar-refractivity contribution in [1.82, 2.24) is 9.03 Å². The minimum Gasteiger partial charge on any atom is -0.251 e. The van der Waals surface area contributed by atoms with Gasteiger partial charge in [0.2, 0.25) is 9.84 Å². The molecule has 2 aromatic rings. The smallest absolute Gasteiger partial charge is 0.251 e. The first-order valence-corrected chi connectivity index (χ1v) is 13.5. The summed E-state index contributed by atoms with van der Waals surface area (Å²) >= 11 is 7.04. The van der Waals surface area contributed by atoms with E-state index in [0.717, 1.165) is 6.07 Å². The van der Waals surface area contributed by atoms with E-state index < -0.39 is 31.6 Å². The zero-order valence-corrected chi connectivity index (χ0v) is 21.0. The van der Waals surface area contributed by atoms with Crippen LogP contribution in [0.25, 0.3) is 0 Å². The van der Waals surface area contributed by atoms with Crippen molar-refractivity contribution in [1.29, 1.82) is 0 Å². The number of hydrogen-bond acceptors (Lipinski definition) is 6. The van der Waals surface area contributed by atoms with E-state index in [-0.39, 0.29) is 27.8 Å². The second-order valence-corrected chi connectivity index (χ2v) is 12.5. The van der Waals surface area contributed by atoms with Crippen molar-refractivity contribution < 1.29 is 26.0 Å². The van der Waals surface area contributed by atoms with Crippen molar-refractivity contribution in [3.63, 3.8) is 0 Å². The van der Waals surface area contributed by atoms with Crippen molar-refractivity contribution in [3.8, 4) is 0 Å². The Morgan fingerprint density at radius 1 is 1.06 bits per heavy atom. The van der Waals surface area contributed by atoms with Crippen LogP contribution in [0.5, 0.6) is 0 Å². The maximum atomic E-state index is 14.2. The maximum Gasteiger partial charge on any atom is 0.456 e. The van der Waals surface area contributed by atoms with E-state index in [1.807, 2.05) is 4.31 Å². The van der Waals surface area contributed by atoms with E-state index in [9.17, 15) is 26.0 Å². The molecule has 1 aliphatic rings. The van der Waals surface area contributed by atoms with Crippen LogP contribution in [0.4, 0.5) is 17.6 Å². The number of rotatable bonds is 7. The normalized spacial score (nSPS) is 16.8. The lowest BCUT2D eigenvalue weighted by atomic mass is 9.82. The summed E-state index contributed by atoms with van der Waals surface area (Å²) < 4.78 is 82.8. The minimum absolute atomic E-state index is 0.0102.